The third-order valence-electron chi connectivity index (χ3n) is 6.25. The third kappa shape index (κ3) is 7.52. The van der Waals surface area contributed by atoms with Gasteiger partial charge in [0.1, 0.15) is 18.3 Å². The van der Waals surface area contributed by atoms with Gasteiger partial charge in [-0.3, -0.25) is 13.9 Å². The quantitative estimate of drug-likeness (QED) is 0.325. The molecule has 208 valence electrons. The number of nitrogens with zero attached hydrogens (tertiary/aromatic N) is 2. The van der Waals surface area contributed by atoms with E-state index in [1.165, 1.54) is 36.3 Å². The largest absolute Gasteiger partial charge is 0.495 e. The van der Waals surface area contributed by atoms with Gasteiger partial charge in [-0.25, -0.2) is 8.42 Å². The maximum Gasteiger partial charge on any atom is 0.264 e. The van der Waals surface area contributed by atoms with Crippen LogP contribution in [0.3, 0.4) is 0 Å². The monoisotopic (exact) mass is 571 g/mol. The number of nitrogens with one attached hydrogen (secondary N) is 1. The van der Waals surface area contributed by atoms with E-state index in [1.807, 2.05) is 44.2 Å². The van der Waals surface area contributed by atoms with Crippen LogP contribution in [-0.2, 0) is 26.0 Å². The minimum absolute atomic E-state index is 0.0244. The molecule has 0 saturated carbocycles. The fraction of sp³-hybridized carbons (Fsp3) is 0.310. The lowest BCUT2D eigenvalue weighted by Gasteiger charge is -2.33. The molecule has 0 spiro atoms. The van der Waals surface area contributed by atoms with E-state index in [1.54, 1.807) is 24.3 Å². The predicted molar refractivity (Wildman–Crippen MR) is 154 cm³/mol. The Morgan fingerprint density at radius 1 is 0.974 bits per heavy atom. The van der Waals surface area contributed by atoms with Crippen LogP contribution < -0.4 is 14.4 Å². The average molecular weight is 572 g/mol. The number of carbonyl (C=O) groups excluding carboxylic acids is 2. The summed E-state index contributed by atoms with van der Waals surface area (Å²) in [5.74, 6) is -0.419. The van der Waals surface area contributed by atoms with Gasteiger partial charge in [-0.2, -0.15) is 0 Å². The number of hydrogen-bond donors (Lipinski definition) is 1. The lowest BCUT2D eigenvalue weighted by atomic mass is 10.1. The van der Waals surface area contributed by atoms with Gasteiger partial charge in [0.25, 0.3) is 10.0 Å². The number of hydrogen-bond acceptors (Lipinski definition) is 5. The highest BCUT2D eigenvalue weighted by atomic mass is 35.5. The number of ether oxygens (including phenoxy) is 1. The van der Waals surface area contributed by atoms with E-state index in [0.29, 0.717) is 25.1 Å². The van der Waals surface area contributed by atoms with Gasteiger partial charge in [-0.05, 0) is 55.7 Å². The lowest BCUT2D eigenvalue weighted by molar-refractivity contribution is -0.139. The zero-order chi connectivity index (χ0) is 28.4. The molecule has 0 aromatic heterocycles. The lowest BCUT2D eigenvalue weighted by Crippen LogP contribution is -2.53. The van der Waals surface area contributed by atoms with E-state index in [-0.39, 0.29) is 28.1 Å². The van der Waals surface area contributed by atoms with Gasteiger partial charge >= 0.3 is 0 Å². The van der Waals surface area contributed by atoms with Crippen molar-refractivity contribution in [3.8, 4) is 5.75 Å². The van der Waals surface area contributed by atoms with Crippen molar-refractivity contribution >= 4 is 39.1 Å². The summed E-state index contributed by atoms with van der Waals surface area (Å²) < 4.78 is 33.9. The van der Waals surface area contributed by atoms with E-state index >= 15 is 0 Å². The Bertz CT molecular complexity index is 1350. The molecular formula is C29H34ClN3O5S. The molecule has 0 aliphatic heterocycles. The standard InChI is InChI=1S/C29H34ClN3O5S/c1-4-26(29(35)31-5-2)32(19-18-22-12-8-6-9-13-22)28(34)21-33(23-16-17-27(38-3)25(30)20-23)39(36,37)24-14-10-7-11-15-24/h6-17,20,26H,4-5,18-19,21H2,1-3H3,(H,31,35)/t26-/m0/s1. The zero-order valence-corrected chi connectivity index (χ0v) is 23.9. The first-order valence-electron chi connectivity index (χ1n) is 12.7. The molecule has 0 radical (unpaired) electrons. The number of carbonyl (C=O) groups is 2. The van der Waals surface area contributed by atoms with Gasteiger partial charge < -0.3 is 15.0 Å². The second kappa shape index (κ2) is 14.0. The van der Waals surface area contributed by atoms with Crippen LogP contribution >= 0.6 is 11.6 Å². The number of methoxy groups -OCH3 is 1. The molecular weight excluding hydrogens is 538 g/mol. The van der Waals surface area contributed by atoms with Crippen molar-refractivity contribution in [2.24, 2.45) is 0 Å². The molecule has 3 aromatic rings. The Hall–Kier alpha value is -3.56. The summed E-state index contributed by atoms with van der Waals surface area (Å²) in [6, 6.07) is 21.3. The van der Waals surface area contributed by atoms with Gasteiger partial charge in [0.15, 0.2) is 0 Å². The summed E-state index contributed by atoms with van der Waals surface area (Å²) in [6.45, 7) is 3.76. The molecule has 3 aromatic carbocycles. The topological polar surface area (TPSA) is 96.0 Å². The van der Waals surface area contributed by atoms with E-state index in [0.717, 1.165) is 9.87 Å². The Balaban J connectivity index is 2.03. The molecule has 0 bridgehead atoms. The molecule has 0 unspecified atom stereocenters. The summed E-state index contributed by atoms with van der Waals surface area (Å²) in [5.41, 5.74) is 1.20. The van der Waals surface area contributed by atoms with Gasteiger partial charge in [0.2, 0.25) is 11.8 Å². The van der Waals surface area contributed by atoms with Crippen LogP contribution in [0.1, 0.15) is 25.8 Å². The molecule has 1 atom stereocenters. The SMILES string of the molecule is CCNC(=O)[C@H](CC)N(CCc1ccccc1)C(=O)CN(c1ccc(OC)c(Cl)c1)S(=O)(=O)c1ccccc1. The van der Waals surface area contributed by atoms with Crippen molar-refractivity contribution in [3.63, 3.8) is 0 Å². The van der Waals surface area contributed by atoms with Crippen molar-refractivity contribution in [1.82, 2.24) is 10.2 Å². The van der Waals surface area contributed by atoms with E-state index < -0.39 is 28.5 Å². The number of likely N-dealkylation sites (N-methyl/N-ethyl adjacent to an activating group) is 1. The Kier molecular flexibility index (Phi) is 10.8. The normalized spacial score (nSPS) is 11.9. The molecule has 10 heteroatoms. The minimum atomic E-state index is -4.16. The number of halogens is 1. The smallest absolute Gasteiger partial charge is 0.264 e. The Morgan fingerprint density at radius 3 is 2.18 bits per heavy atom. The molecule has 0 fully saturated rings. The fourth-order valence-electron chi connectivity index (χ4n) is 4.25. The van der Waals surface area contributed by atoms with Crippen LogP contribution in [0.2, 0.25) is 5.02 Å². The number of benzene rings is 3. The molecule has 1 N–H and O–H groups in total. The molecule has 0 heterocycles. The summed E-state index contributed by atoms with van der Waals surface area (Å²) in [4.78, 5) is 28.4. The van der Waals surface area contributed by atoms with Gasteiger partial charge in [-0.15, -0.1) is 0 Å². The minimum Gasteiger partial charge on any atom is -0.495 e. The highest BCUT2D eigenvalue weighted by Gasteiger charge is 2.33. The van der Waals surface area contributed by atoms with Crippen LogP contribution in [0.15, 0.2) is 83.8 Å². The number of anilines is 1. The molecule has 0 saturated heterocycles. The molecule has 8 nitrogen and oxygen atoms in total. The summed E-state index contributed by atoms with van der Waals surface area (Å²) in [7, 11) is -2.71. The van der Waals surface area contributed by atoms with Crippen LogP contribution in [0.5, 0.6) is 5.75 Å². The second-order valence-corrected chi connectivity index (χ2v) is 11.1. The van der Waals surface area contributed by atoms with Crippen LogP contribution in [0.4, 0.5) is 5.69 Å². The van der Waals surface area contributed by atoms with Crippen molar-refractivity contribution in [2.45, 2.75) is 37.6 Å². The molecule has 2 amide bonds. The summed E-state index contributed by atoms with van der Waals surface area (Å²) in [5, 5.41) is 2.99. The Labute approximate surface area is 235 Å². The van der Waals surface area contributed by atoms with Crippen molar-refractivity contribution in [2.75, 3.05) is 31.0 Å². The van der Waals surface area contributed by atoms with Crippen molar-refractivity contribution in [1.29, 1.82) is 0 Å². The van der Waals surface area contributed by atoms with E-state index in [9.17, 15) is 18.0 Å². The first kappa shape index (κ1) is 30.0. The summed E-state index contributed by atoms with van der Waals surface area (Å²) in [6.07, 6.45) is 0.869. The van der Waals surface area contributed by atoms with Crippen LogP contribution in [0.25, 0.3) is 0 Å². The molecule has 0 aliphatic rings. The van der Waals surface area contributed by atoms with E-state index in [2.05, 4.69) is 5.32 Å². The van der Waals surface area contributed by atoms with E-state index in [4.69, 9.17) is 16.3 Å². The fourth-order valence-corrected chi connectivity index (χ4v) is 5.93. The number of amides is 2. The average Bonchev–Trinajstić information content (AvgIpc) is 2.94. The predicted octanol–water partition coefficient (Wildman–Crippen LogP) is 4.53. The highest BCUT2D eigenvalue weighted by molar-refractivity contribution is 7.92. The van der Waals surface area contributed by atoms with Gasteiger partial charge in [0, 0.05) is 13.1 Å². The van der Waals surface area contributed by atoms with Crippen LogP contribution in [0, 0.1) is 0 Å². The van der Waals surface area contributed by atoms with Gasteiger partial charge in [0.05, 0.1) is 22.7 Å². The highest BCUT2D eigenvalue weighted by Crippen LogP contribution is 2.32. The maximum atomic E-state index is 13.9. The Morgan fingerprint density at radius 2 is 1.62 bits per heavy atom. The first-order valence-corrected chi connectivity index (χ1v) is 14.6. The van der Waals surface area contributed by atoms with Gasteiger partial charge in [-0.1, -0.05) is 67.1 Å². The molecule has 0 aliphatic carbocycles. The number of rotatable bonds is 13. The van der Waals surface area contributed by atoms with Crippen molar-refractivity contribution < 1.29 is 22.7 Å². The zero-order valence-electron chi connectivity index (χ0n) is 22.3. The maximum absolute atomic E-state index is 13.9. The summed E-state index contributed by atoms with van der Waals surface area (Å²) >= 11 is 6.34. The molecule has 39 heavy (non-hydrogen) atoms. The van der Waals surface area contributed by atoms with Crippen LogP contribution in [-0.4, -0.2) is 57.9 Å². The first-order chi connectivity index (χ1) is 18.7. The molecule has 3 rings (SSSR count). The second-order valence-electron chi connectivity index (χ2n) is 8.78. The van der Waals surface area contributed by atoms with Crippen molar-refractivity contribution in [3.05, 3.63) is 89.4 Å². The number of sulfonamides is 1. The third-order valence-corrected chi connectivity index (χ3v) is 8.34.